The molecule has 1 aliphatic rings. The normalized spacial score (nSPS) is 17.1. The van der Waals surface area contributed by atoms with Crippen molar-refractivity contribution < 1.29 is 40.3 Å². The zero-order chi connectivity index (χ0) is 32.5. The molecule has 1 aromatic carbocycles. The number of nitrogens with zero attached hydrogens (tertiary/aromatic N) is 7. The number of hydrogen-bond acceptors (Lipinski definition) is 9. The lowest BCUT2D eigenvalue weighted by Crippen LogP contribution is -2.38. The molecule has 0 unspecified atom stereocenters. The lowest BCUT2D eigenvalue weighted by molar-refractivity contribution is -0.143. The van der Waals surface area contributed by atoms with Crippen LogP contribution in [-0.2, 0) is 30.7 Å². The van der Waals surface area contributed by atoms with E-state index in [0.717, 1.165) is 5.56 Å². The van der Waals surface area contributed by atoms with E-state index in [1.54, 1.807) is 40.8 Å². The first-order valence-corrected chi connectivity index (χ1v) is 14.0. The minimum absolute atomic E-state index is 0.0278. The molecule has 4 aromatic rings. The highest BCUT2D eigenvalue weighted by Crippen LogP contribution is 2.38. The zero-order valence-electron chi connectivity index (χ0n) is 24.4. The predicted octanol–water partition coefficient (Wildman–Crippen LogP) is 6.14. The van der Waals surface area contributed by atoms with Crippen molar-refractivity contribution in [1.29, 1.82) is 0 Å². The Balaban J connectivity index is 1.52. The van der Waals surface area contributed by atoms with E-state index in [0.29, 0.717) is 30.5 Å². The molecule has 0 saturated carbocycles. The first-order valence-electron chi connectivity index (χ1n) is 14.0. The van der Waals surface area contributed by atoms with Crippen LogP contribution in [0.5, 0.6) is 0 Å². The maximum Gasteiger partial charge on any atom is 0.416 e. The van der Waals surface area contributed by atoms with Gasteiger partial charge in [0.25, 0.3) is 6.01 Å². The number of aromatic nitrogens is 5. The van der Waals surface area contributed by atoms with Crippen molar-refractivity contribution in [3.8, 4) is 11.1 Å². The van der Waals surface area contributed by atoms with Gasteiger partial charge in [0, 0.05) is 55.9 Å². The van der Waals surface area contributed by atoms with Gasteiger partial charge in [-0.05, 0) is 43.5 Å². The lowest BCUT2D eigenvalue weighted by Gasteiger charge is -2.29. The SMILES string of the molecule is CCOC(=O)c1coc(N2C[C@@H](N(Cc3cc(C(F)(F)F)cc(C(F)(F)F)c3)c3ncc(-c4cnn(C)c4)cn3)C[C@H]2CC)n1. The van der Waals surface area contributed by atoms with Gasteiger partial charge in [-0.1, -0.05) is 6.92 Å². The third-order valence-electron chi connectivity index (χ3n) is 7.46. The predicted molar refractivity (Wildman–Crippen MR) is 149 cm³/mol. The van der Waals surface area contributed by atoms with E-state index in [-0.39, 0.29) is 55.0 Å². The largest absolute Gasteiger partial charge is 0.461 e. The number of benzene rings is 1. The number of ether oxygens (including phenoxy) is 1. The molecule has 0 spiro atoms. The van der Waals surface area contributed by atoms with Crippen LogP contribution in [0.25, 0.3) is 11.1 Å². The van der Waals surface area contributed by atoms with Gasteiger partial charge in [0.1, 0.15) is 6.26 Å². The number of rotatable bonds is 9. The number of esters is 1. The fourth-order valence-corrected chi connectivity index (χ4v) is 5.29. The summed E-state index contributed by atoms with van der Waals surface area (Å²) >= 11 is 0. The van der Waals surface area contributed by atoms with E-state index in [2.05, 4.69) is 20.1 Å². The molecule has 0 bridgehead atoms. The summed E-state index contributed by atoms with van der Waals surface area (Å²) in [7, 11) is 1.74. The van der Waals surface area contributed by atoms with Gasteiger partial charge in [0.2, 0.25) is 5.95 Å². The van der Waals surface area contributed by atoms with Crippen LogP contribution in [0.3, 0.4) is 0 Å². The minimum Gasteiger partial charge on any atom is -0.461 e. The Labute approximate surface area is 253 Å². The fourth-order valence-electron chi connectivity index (χ4n) is 5.29. The second-order valence-electron chi connectivity index (χ2n) is 10.6. The molecular weight excluding hydrogens is 608 g/mol. The van der Waals surface area contributed by atoms with Crippen LogP contribution in [0.2, 0.25) is 0 Å². The van der Waals surface area contributed by atoms with Gasteiger partial charge in [-0.25, -0.2) is 14.8 Å². The van der Waals surface area contributed by atoms with Crippen molar-refractivity contribution in [3.63, 3.8) is 0 Å². The molecular formula is C29H29F6N7O3. The van der Waals surface area contributed by atoms with E-state index in [1.165, 1.54) is 18.7 Å². The Morgan fingerprint density at radius 1 is 1.02 bits per heavy atom. The Kier molecular flexibility index (Phi) is 8.76. The molecule has 45 heavy (non-hydrogen) atoms. The molecule has 2 atom stereocenters. The highest BCUT2D eigenvalue weighted by atomic mass is 19.4. The summed E-state index contributed by atoms with van der Waals surface area (Å²) in [6.07, 6.45) is -1.41. The summed E-state index contributed by atoms with van der Waals surface area (Å²) in [5, 5.41) is 4.12. The van der Waals surface area contributed by atoms with Crippen LogP contribution in [0.15, 0.2) is 53.7 Å². The van der Waals surface area contributed by atoms with Crippen molar-refractivity contribution in [2.24, 2.45) is 7.05 Å². The van der Waals surface area contributed by atoms with Crippen LogP contribution in [0, 0.1) is 0 Å². The molecule has 1 fully saturated rings. The summed E-state index contributed by atoms with van der Waals surface area (Å²) in [6.45, 7) is 3.57. The second-order valence-corrected chi connectivity index (χ2v) is 10.6. The van der Waals surface area contributed by atoms with Gasteiger partial charge < -0.3 is 19.0 Å². The molecule has 5 rings (SSSR count). The van der Waals surface area contributed by atoms with Gasteiger partial charge in [-0.3, -0.25) is 4.68 Å². The monoisotopic (exact) mass is 637 g/mol. The number of carbonyl (C=O) groups is 1. The number of aryl methyl sites for hydroxylation is 1. The second kappa shape index (κ2) is 12.4. The van der Waals surface area contributed by atoms with Crippen molar-refractivity contribution >= 4 is 17.9 Å². The molecule has 0 aliphatic carbocycles. The van der Waals surface area contributed by atoms with Crippen molar-refractivity contribution in [2.45, 2.75) is 57.7 Å². The van der Waals surface area contributed by atoms with E-state index in [1.807, 2.05) is 6.92 Å². The molecule has 1 saturated heterocycles. The van der Waals surface area contributed by atoms with Crippen LogP contribution in [-0.4, -0.2) is 55.9 Å². The maximum absolute atomic E-state index is 13.7. The molecule has 1 aliphatic heterocycles. The highest BCUT2D eigenvalue weighted by molar-refractivity contribution is 5.87. The van der Waals surface area contributed by atoms with E-state index < -0.39 is 35.5 Å². The van der Waals surface area contributed by atoms with Crippen LogP contribution in [0.4, 0.5) is 38.3 Å². The van der Waals surface area contributed by atoms with E-state index >= 15 is 0 Å². The lowest BCUT2D eigenvalue weighted by atomic mass is 10.0. The molecule has 10 nitrogen and oxygen atoms in total. The summed E-state index contributed by atoms with van der Waals surface area (Å²) in [4.78, 5) is 28.7. The summed E-state index contributed by atoms with van der Waals surface area (Å²) in [5.74, 6) is -0.556. The number of hydrogen-bond donors (Lipinski definition) is 0. The molecule has 240 valence electrons. The Morgan fingerprint density at radius 3 is 2.24 bits per heavy atom. The van der Waals surface area contributed by atoms with Gasteiger partial charge in [-0.15, -0.1) is 0 Å². The van der Waals surface area contributed by atoms with Crippen LogP contribution >= 0.6 is 0 Å². The highest BCUT2D eigenvalue weighted by Gasteiger charge is 2.40. The molecule has 0 N–H and O–H groups in total. The first-order chi connectivity index (χ1) is 21.3. The smallest absolute Gasteiger partial charge is 0.416 e. The Bertz CT molecular complexity index is 1600. The van der Waals surface area contributed by atoms with Gasteiger partial charge in [0.15, 0.2) is 5.69 Å². The van der Waals surface area contributed by atoms with Crippen molar-refractivity contribution in [3.05, 3.63) is 71.6 Å². The number of carbonyl (C=O) groups excluding carboxylic acids is 1. The molecule has 0 radical (unpaired) electrons. The van der Waals surface area contributed by atoms with Crippen LogP contribution in [0.1, 0.15) is 53.9 Å². The third kappa shape index (κ3) is 7.04. The van der Waals surface area contributed by atoms with E-state index in [9.17, 15) is 31.1 Å². The van der Waals surface area contributed by atoms with E-state index in [4.69, 9.17) is 9.15 Å². The van der Waals surface area contributed by atoms with Gasteiger partial charge in [0.05, 0.1) is 30.0 Å². The van der Waals surface area contributed by atoms with Gasteiger partial charge in [-0.2, -0.15) is 36.4 Å². The molecule has 3 aromatic heterocycles. The van der Waals surface area contributed by atoms with Crippen molar-refractivity contribution in [2.75, 3.05) is 23.0 Å². The summed E-state index contributed by atoms with van der Waals surface area (Å²) < 4.78 is 94.2. The standard InChI is InChI=1S/C29H29F6N7O3/c1-4-22-9-23(15-42(22)27-39-24(16-45-27)25(43)44-5-2)41(26-36-10-18(11-37-26)19-12-38-40(3)14-19)13-17-6-20(28(30,31)32)8-21(7-17)29(33,34)35/h6-8,10-12,14,16,22-23H,4-5,9,13,15H2,1-3H3/t22-,23+/m1/s1. The van der Waals surface area contributed by atoms with Crippen molar-refractivity contribution in [1.82, 2.24) is 24.7 Å². The average molecular weight is 638 g/mol. The topological polar surface area (TPSA) is 102 Å². The Hall–Kier alpha value is -4.63. The van der Waals surface area contributed by atoms with Gasteiger partial charge >= 0.3 is 18.3 Å². The van der Waals surface area contributed by atoms with Crippen LogP contribution < -0.4 is 9.80 Å². The minimum atomic E-state index is -5.00. The molecule has 4 heterocycles. The number of halogens is 6. The number of anilines is 2. The quantitative estimate of drug-likeness (QED) is 0.158. The summed E-state index contributed by atoms with van der Waals surface area (Å²) in [6, 6.07) is 0.973. The molecule has 16 heteroatoms. The number of oxazole rings is 1. The third-order valence-corrected chi connectivity index (χ3v) is 7.46. The first kappa shape index (κ1) is 31.8. The fraction of sp³-hybridized carbons (Fsp3) is 0.414. The zero-order valence-corrected chi connectivity index (χ0v) is 24.4. The Morgan fingerprint density at radius 2 is 1.69 bits per heavy atom. The average Bonchev–Trinajstić information content (AvgIpc) is 3.75. The molecule has 0 amide bonds. The maximum atomic E-state index is 13.7. The number of alkyl halides is 6. The summed E-state index contributed by atoms with van der Waals surface area (Å²) in [5.41, 5.74) is -1.72.